The first-order valence-electron chi connectivity index (χ1n) is 30.0. The molecule has 0 aliphatic rings. The fraction of sp³-hybridized carbons (Fsp3) is 0.902. The molecule has 0 aliphatic carbocycles. The maximum Gasteiger partial charge on any atom is 0.407 e. The maximum absolute atomic E-state index is 13.2. The van der Waals surface area contributed by atoms with Crippen LogP contribution in [0.15, 0.2) is 12.7 Å². The van der Waals surface area contributed by atoms with Crippen molar-refractivity contribution >= 4 is 24.0 Å². The molecule has 1 unspecified atom stereocenters. The molecule has 0 aromatic rings. The lowest BCUT2D eigenvalue weighted by Gasteiger charge is -2.42. The number of ether oxygens (including phenoxy) is 2. The number of carbonyl (C=O) groups is 4. The van der Waals surface area contributed by atoms with Gasteiger partial charge in [0.25, 0.3) is 0 Å². The van der Waals surface area contributed by atoms with Crippen LogP contribution in [0.4, 0.5) is 4.79 Å². The summed E-state index contributed by atoms with van der Waals surface area (Å²) in [5.41, 5.74) is -1.19. The predicted molar refractivity (Wildman–Crippen MR) is 301 cm³/mol. The first-order chi connectivity index (χ1) is 33.7. The van der Waals surface area contributed by atoms with E-state index in [2.05, 4.69) is 67.3 Å². The number of esters is 1. The van der Waals surface area contributed by atoms with Crippen molar-refractivity contribution in [2.75, 3.05) is 0 Å². The molecular formula is C61H121NO8. The molecule has 0 saturated heterocycles. The Balaban J connectivity index is -0.000000595. The number of aliphatic carboxylic acids is 2. The third-order valence-electron chi connectivity index (χ3n) is 13.9. The number of carbonyl (C=O) groups excluding carboxylic acids is 2. The average molecular weight is 997 g/mol. The Labute approximate surface area is 435 Å². The molecule has 1 atom stereocenters. The van der Waals surface area contributed by atoms with Gasteiger partial charge in [-0.25, -0.2) is 9.59 Å². The molecule has 418 valence electrons. The van der Waals surface area contributed by atoms with Crippen molar-refractivity contribution in [3.05, 3.63) is 12.7 Å². The fourth-order valence-electron chi connectivity index (χ4n) is 8.80. The summed E-state index contributed by atoms with van der Waals surface area (Å²) in [5, 5.41) is 20.4. The molecule has 3 N–H and O–H groups in total. The van der Waals surface area contributed by atoms with Gasteiger partial charge in [0.15, 0.2) is 0 Å². The van der Waals surface area contributed by atoms with Crippen LogP contribution in [-0.2, 0) is 23.9 Å². The summed E-state index contributed by atoms with van der Waals surface area (Å²) in [5.74, 6) is -1.79. The van der Waals surface area contributed by atoms with Gasteiger partial charge in [-0.1, -0.05) is 262 Å². The third kappa shape index (κ3) is 53.2. The van der Waals surface area contributed by atoms with Gasteiger partial charge >= 0.3 is 24.0 Å². The Morgan fingerprint density at radius 2 is 0.743 bits per heavy atom. The lowest BCUT2D eigenvalue weighted by atomic mass is 9.78. The summed E-state index contributed by atoms with van der Waals surface area (Å²) >= 11 is 0. The standard InChI is InChI=1S/C33H61NO6.C18H36O2.2C5H12/c1-7-13-14-21-24-28(25-22-19-17-15-16-18-20-23-26-29(35)36)39-31(38)34-32(9-3,10-4)27-33(11-5,12-6)40-30(37)8-2;1-2-3-4-5-6-7-8-9-10-11-12-13-14-15-16-17-18(19)20;2*1-3-5-4-2/h8,28H,2,7,9-27H2,1,3-6H3,(H,34,38)(H,35,36);2-17H2,1H3,(H,19,20);2*3-5H2,1-2H3. The lowest BCUT2D eigenvalue weighted by Crippen LogP contribution is -2.54. The largest absolute Gasteiger partial charge is 0.481 e. The normalized spacial score (nSPS) is 11.5. The number of alkyl carbamates (subject to hydrolysis) is 1. The Morgan fingerprint density at radius 1 is 0.443 bits per heavy atom. The van der Waals surface area contributed by atoms with E-state index in [1.54, 1.807) is 0 Å². The maximum atomic E-state index is 13.2. The molecular weight excluding hydrogens is 875 g/mol. The SMILES string of the molecule is C=CC(=O)OC(CC)(CC)CC(CC)(CC)NC(=O)OC(CCCCCC)CCCCCCCCCCC(=O)O.CCCCC.CCCCC.CCCCCCCCCCCCCCCCCC(=O)O. The smallest absolute Gasteiger partial charge is 0.407 e. The van der Waals surface area contributed by atoms with E-state index in [0.29, 0.717) is 38.5 Å². The highest BCUT2D eigenvalue weighted by atomic mass is 16.6. The number of rotatable bonds is 46. The third-order valence-corrected chi connectivity index (χ3v) is 13.9. The molecule has 0 aromatic heterocycles. The van der Waals surface area contributed by atoms with Crippen molar-refractivity contribution in [3.63, 3.8) is 0 Å². The van der Waals surface area contributed by atoms with Crippen LogP contribution in [-0.4, -0.2) is 51.5 Å². The molecule has 0 fully saturated rings. The van der Waals surface area contributed by atoms with Gasteiger partial charge in [0, 0.05) is 30.9 Å². The first kappa shape index (κ1) is 73.9. The molecule has 0 heterocycles. The van der Waals surface area contributed by atoms with E-state index in [1.165, 1.54) is 141 Å². The predicted octanol–water partition coefficient (Wildman–Crippen LogP) is 20.0. The van der Waals surface area contributed by atoms with Crippen molar-refractivity contribution in [2.45, 2.75) is 356 Å². The van der Waals surface area contributed by atoms with E-state index in [-0.39, 0.29) is 18.6 Å². The number of unbranched alkanes of at least 4 members (excludes halogenated alkanes) is 28. The molecule has 9 nitrogen and oxygen atoms in total. The second kappa shape index (κ2) is 57.3. The molecule has 70 heavy (non-hydrogen) atoms. The van der Waals surface area contributed by atoms with E-state index in [9.17, 15) is 19.2 Å². The number of hydrogen-bond acceptors (Lipinski definition) is 6. The van der Waals surface area contributed by atoms with E-state index in [4.69, 9.17) is 19.7 Å². The quantitative estimate of drug-likeness (QED) is 0.0311. The highest BCUT2D eigenvalue weighted by molar-refractivity contribution is 5.81. The number of nitrogens with one attached hydrogen (secondary N) is 1. The number of carboxylic acid groups (broad SMARTS) is 2. The topological polar surface area (TPSA) is 139 Å². The first-order valence-corrected chi connectivity index (χ1v) is 30.0. The van der Waals surface area contributed by atoms with Gasteiger partial charge in [-0.05, 0) is 64.2 Å². The van der Waals surface area contributed by atoms with Crippen LogP contribution >= 0.6 is 0 Å². The average Bonchev–Trinajstić information content (AvgIpc) is 3.34. The minimum atomic E-state index is -0.709. The molecule has 9 heteroatoms. The minimum absolute atomic E-state index is 0.0972. The Morgan fingerprint density at radius 3 is 1.01 bits per heavy atom. The van der Waals surface area contributed by atoms with E-state index < -0.39 is 29.0 Å². The monoisotopic (exact) mass is 996 g/mol. The summed E-state index contributed by atoms with van der Waals surface area (Å²) in [7, 11) is 0. The number of hydrogen-bond donors (Lipinski definition) is 3. The summed E-state index contributed by atoms with van der Waals surface area (Å²) in [6.45, 7) is 25.0. The summed E-state index contributed by atoms with van der Waals surface area (Å²) in [4.78, 5) is 46.3. The van der Waals surface area contributed by atoms with Crippen LogP contribution in [0.2, 0.25) is 0 Å². The molecule has 0 bridgehead atoms. The van der Waals surface area contributed by atoms with E-state index in [0.717, 1.165) is 89.9 Å². The van der Waals surface area contributed by atoms with Gasteiger partial charge in [0.2, 0.25) is 0 Å². The second-order valence-electron chi connectivity index (χ2n) is 20.2. The van der Waals surface area contributed by atoms with Gasteiger partial charge in [-0.15, -0.1) is 0 Å². The van der Waals surface area contributed by atoms with Crippen molar-refractivity contribution in [3.8, 4) is 0 Å². The summed E-state index contributed by atoms with van der Waals surface area (Å²) in [6, 6.07) is 0. The van der Waals surface area contributed by atoms with Gasteiger partial charge in [0.05, 0.1) is 0 Å². The zero-order chi connectivity index (χ0) is 53.4. The van der Waals surface area contributed by atoms with Gasteiger partial charge < -0.3 is 25.0 Å². The second-order valence-corrected chi connectivity index (χ2v) is 20.2. The Hall–Kier alpha value is -2.58. The fourth-order valence-corrected chi connectivity index (χ4v) is 8.80. The van der Waals surface area contributed by atoms with Crippen LogP contribution in [0, 0.1) is 0 Å². The molecule has 0 radical (unpaired) electrons. The number of carboxylic acids is 2. The Bertz CT molecular complexity index is 1120. The summed E-state index contributed by atoms with van der Waals surface area (Å²) < 4.78 is 11.9. The molecule has 0 rings (SSSR count). The van der Waals surface area contributed by atoms with Gasteiger partial charge in [-0.2, -0.15) is 0 Å². The zero-order valence-corrected chi connectivity index (χ0v) is 48.4. The molecule has 0 saturated carbocycles. The van der Waals surface area contributed by atoms with Gasteiger partial charge in [-0.3, -0.25) is 9.59 Å². The molecule has 1 amide bonds. The van der Waals surface area contributed by atoms with Crippen LogP contribution in [0.3, 0.4) is 0 Å². The van der Waals surface area contributed by atoms with E-state index in [1.807, 2.05) is 13.8 Å². The van der Waals surface area contributed by atoms with Crippen molar-refractivity contribution in [2.24, 2.45) is 0 Å². The van der Waals surface area contributed by atoms with Crippen LogP contribution in [0.25, 0.3) is 0 Å². The Kier molecular flexibility index (Phi) is 60.6. The van der Waals surface area contributed by atoms with Crippen LogP contribution < -0.4 is 5.32 Å². The molecule has 0 aliphatic heterocycles. The molecule has 0 spiro atoms. The van der Waals surface area contributed by atoms with Crippen molar-refractivity contribution in [1.29, 1.82) is 0 Å². The van der Waals surface area contributed by atoms with Crippen molar-refractivity contribution < 1.29 is 38.9 Å². The van der Waals surface area contributed by atoms with Gasteiger partial charge in [0.1, 0.15) is 11.7 Å². The number of amides is 1. The highest BCUT2D eigenvalue weighted by Crippen LogP contribution is 2.35. The van der Waals surface area contributed by atoms with Crippen LogP contribution in [0.1, 0.15) is 339 Å². The van der Waals surface area contributed by atoms with Crippen LogP contribution in [0.5, 0.6) is 0 Å². The summed E-state index contributed by atoms with van der Waals surface area (Å²) in [6.07, 6.45) is 47.4. The lowest BCUT2D eigenvalue weighted by molar-refractivity contribution is -0.157. The van der Waals surface area contributed by atoms with Crippen molar-refractivity contribution in [1.82, 2.24) is 5.32 Å². The minimum Gasteiger partial charge on any atom is -0.481 e. The van der Waals surface area contributed by atoms with E-state index >= 15 is 0 Å². The molecule has 0 aromatic carbocycles. The zero-order valence-electron chi connectivity index (χ0n) is 48.4. The highest BCUT2D eigenvalue weighted by Gasteiger charge is 2.41.